The lowest BCUT2D eigenvalue weighted by atomic mass is 10.2. The van der Waals surface area contributed by atoms with Gasteiger partial charge in [0.15, 0.2) is 5.69 Å². The molecule has 21 heavy (non-hydrogen) atoms. The minimum Gasteiger partial charge on any atom is -0.476 e. The Morgan fingerprint density at radius 1 is 1.38 bits per heavy atom. The molecule has 1 aromatic heterocycles. The van der Waals surface area contributed by atoms with Crippen LogP contribution in [0.4, 0.5) is 5.69 Å². The van der Waals surface area contributed by atoms with E-state index in [2.05, 4.69) is 10.3 Å². The average molecular weight is 288 g/mol. The molecule has 110 valence electrons. The van der Waals surface area contributed by atoms with E-state index in [9.17, 15) is 9.59 Å². The first-order valence-electron chi connectivity index (χ1n) is 6.51. The van der Waals surface area contributed by atoms with Crippen LogP contribution in [0.5, 0.6) is 0 Å². The number of carbonyl (C=O) groups is 2. The summed E-state index contributed by atoms with van der Waals surface area (Å²) in [5.41, 5.74) is 1.69. The molecule has 7 nitrogen and oxygen atoms in total. The standard InChI is InChI=1S/C14H16N4O3/c1-3-18(11-6-4-5-10(2)7-11)13(19)9-17-8-12(14(20)21)15-16-17/h4-8H,3,9H2,1-2H3,(H,20,21). The van der Waals surface area contributed by atoms with Crippen LogP contribution in [0.2, 0.25) is 0 Å². The van der Waals surface area contributed by atoms with Crippen molar-refractivity contribution in [3.05, 3.63) is 41.7 Å². The van der Waals surface area contributed by atoms with Crippen LogP contribution in [-0.2, 0) is 11.3 Å². The summed E-state index contributed by atoms with van der Waals surface area (Å²) in [5.74, 6) is -1.34. The van der Waals surface area contributed by atoms with Crippen LogP contribution in [0, 0.1) is 6.92 Å². The fourth-order valence-corrected chi connectivity index (χ4v) is 2.00. The van der Waals surface area contributed by atoms with E-state index in [4.69, 9.17) is 5.11 Å². The highest BCUT2D eigenvalue weighted by Crippen LogP contribution is 2.16. The lowest BCUT2D eigenvalue weighted by Crippen LogP contribution is -2.33. The second-order valence-corrected chi connectivity index (χ2v) is 4.58. The molecule has 0 aliphatic heterocycles. The van der Waals surface area contributed by atoms with Crippen LogP contribution in [0.1, 0.15) is 23.0 Å². The van der Waals surface area contributed by atoms with Gasteiger partial charge >= 0.3 is 5.97 Å². The van der Waals surface area contributed by atoms with Crippen molar-refractivity contribution in [1.29, 1.82) is 0 Å². The van der Waals surface area contributed by atoms with Gasteiger partial charge in [0.2, 0.25) is 5.91 Å². The molecule has 7 heteroatoms. The van der Waals surface area contributed by atoms with Crippen LogP contribution in [0.25, 0.3) is 0 Å². The van der Waals surface area contributed by atoms with Crippen LogP contribution >= 0.6 is 0 Å². The van der Waals surface area contributed by atoms with E-state index in [0.29, 0.717) is 6.54 Å². The van der Waals surface area contributed by atoms with Gasteiger partial charge in [0.1, 0.15) is 6.54 Å². The summed E-state index contributed by atoms with van der Waals surface area (Å²) >= 11 is 0. The Labute approximate surface area is 121 Å². The molecular weight excluding hydrogens is 272 g/mol. The van der Waals surface area contributed by atoms with Gasteiger partial charge in [-0.25, -0.2) is 9.48 Å². The number of aromatic carboxylic acids is 1. The highest BCUT2D eigenvalue weighted by molar-refractivity contribution is 5.93. The molecule has 0 spiro atoms. The van der Waals surface area contributed by atoms with Gasteiger partial charge < -0.3 is 10.0 Å². The van der Waals surface area contributed by atoms with Gasteiger partial charge in [-0.3, -0.25) is 4.79 Å². The quantitative estimate of drug-likeness (QED) is 0.896. The Kier molecular flexibility index (Phi) is 4.32. The summed E-state index contributed by atoms with van der Waals surface area (Å²) in [6.07, 6.45) is 1.24. The number of carboxylic acid groups (broad SMARTS) is 1. The Morgan fingerprint density at radius 3 is 2.71 bits per heavy atom. The smallest absolute Gasteiger partial charge is 0.358 e. The van der Waals surface area contributed by atoms with Crippen molar-refractivity contribution in [1.82, 2.24) is 15.0 Å². The van der Waals surface area contributed by atoms with E-state index in [1.54, 1.807) is 4.90 Å². The molecule has 2 aromatic rings. The molecule has 1 amide bonds. The summed E-state index contributed by atoms with van der Waals surface area (Å²) in [4.78, 5) is 24.7. The van der Waals surface area contributed by atoms with E-state index < -0.39 is 5.97 Å². The molecule has 2 rings (SSSR count). The number of carboxylic acids is 1. The number of anilines is 1. The maximum Gasteiger partial charge on any atom is 0.358 e. The van der Waals surface area contributed by atoms with Crippen molar-refractivity contribution in [3.8, 4) is 0 Å². The summed E-state index contributed by atoms with van der Waals surface area (Å²) in [7, 11) is 0. The predicted molar refractivity (Wildman–Crippen MR) is 76.2 cm³/mol. The van der Waals surface area contributed by atoms with Crippen molar-refractivity contribution in [3.63, 3.8) is 0 Å². The third-order valence-electron chi connectivity index (χ3n) is 2.99. The first-order valence-corrected chi connectivity index (χ1v) is 6.51. The molecule has 0 radical (unpaired) electrons. The third kappa shape index (κ3) is 3.44. The average Bonchev–Trinajstić information content (AvgIpc) is 2.88. The van der Waals surface area contributed by atoms with Gasteiger partial charge in [-0.1, -0.05) is 17.3 Å². The van der Waals surface area contributed by atoms with Gasteiger partial charge in [-0.15, -0.1) is 5.10 Å². The summed E-state index contributed by atoms with van der Waals surface area (Å²) in [6.45, 7) is 4.30. The van der Waals surface area contributed by atoms with E-state index in [0.717, 1.165) is 11.3 Å². The summed E-state index contributed by atoms with van der Waals surface area (Å²) in [5, 5.41) is 15.9. The largest absolute Gasteiger partial charge is 0.476 e. The lowest BCUT2D eigenvalue weighted by molar-refractivity contribution is -0.119. The third-order valence-corrected chi connectivity index (χ3v) is 2.99. The summed E-state index contributed by atoms with van der Waals surface area (Å²) < 4.78 is 1.23. The minimum absolute atomic E-state index is 0.0535. The second-order valence-electron chi connectivity index (χ2n) is 4.58. The van der Waals surface area contributed by atoms with Gasteiger partial charge in [0, 0.05) is 12.2 Å². The van der Waals surface area contributed by atoms with Crippen molar-refractivity contribution in [2.45, 2.75) is 20.4 Å². The van der Waals surface area contributed by atoms with E-state index in [-0.39, 0.29) is 18.1 Å². The Morgan fingerprint density at radius 2 is 2.14 bits per heavy atom. The number of benzene rings is 1. The van der Waals surface area contributed by atoms with Gasteiger partial charge in [0.25, 0.3) is 0 Å². The van der Waals surface area contributed by atoms with Crippen molar-refractivity contribution in [2.24, 2.45) is 0 Å². The molecule has 0 bridgehead atoms. The van der Waals surface area contributed by atoms with Gasteiger partial charge in [0.05, 0.1) is 6.20 Å². The van der Waals surface area contributed by atoms with Crippen molar-refractivity contribution >= 4 is 17.6 Å². The summed E-state index contributed by atoms with van der Waals surface area (Å²) in [6, 6.07) is 7.63. The zero-order valence-electron chi connectivity index (χ0n) is 11.9. The minimum atomic E-state index is -1.17. The maximum absolute atomic E-state index is 12.3. The number of nitrogens with zero attached hydrogens (tertiary/aromatic N) is 4. The van der Waals surface area contributed by atoms with E-state index in [1.807, 2.05) is 38.1 Å². The second kappa shape index (κ2) is 6.17. The fourth-order valence-electron chi connectivity index (χ4n) is 2.00. The molecule has 0 atom stereocenters. The molecule has 1 N–H and O–H groups in total. The zero-order chi connectivity index (χ0) is 15.4. The predicted octanol–water partition coefficient (Wildman–Crippen LogP) is 1.34. The Hall–Kier alpha value is -2.70. The normalized spacial score (nSPS) is 10.4. The van der Waals surface area contributed by atoms with Gasteiger partial charge in [-0.2, -0.15) is 0 Å². The number of carbonyl (C=O) groups excluding carboxylic acids is 1. The highest BCUT2D eigenvalue weighted by atomic mass is 16.4. The zero-order valence-corrected chi connectivity index (χ0v) is 11.9. The molecular formula is C14H16N4O3. The first kappa shape index (κ1) is 14.7. The molecule has 1 heterocycles. The van der Waals surface area contributed by atoms with Crippen molar-refractivity contribution < 1.29 is 14.7 Å². The van der Waals surface area contributed by atoms with Crippen molar-refractivity contribution in [2.75, 3.05) is 11.4 Å². The van der Waals surface area contributed by atoms with Crippen LogP contribution in [0.15, 0.2) is 30.5 Å². The van der Waals surface area contributed by atoms with Crippen LogP contribution in [-0.4, -0.2) is 38.5 Å². The number of amides is 1. The molecule has 0 saturated carbocycles. The number of hydrogen-bond donors (Lipinski definition) is 1. The molecule has 0 aliphatic carbocycles. The molecule has 0 saturated heterocycles. The number of aromatic nitrogens is 3. The monoisotopic (exact) mass is 288 g/mol. The molecule has 0 fully saturated rings. The fraction of sp³-hybridized carbons (Fsp3) is 0.286. The Balaban J connectivity index is 2.14. The van der Waals surface area contributed by atoms with Crippen LogP contribution < -0.4 is 4.90 Å². The molecule has 1 aromatic carbocycles. The number of hydrogen-bond acceptors (Lipinski definition) is 4. The number of rotatable bonds is 5. The lowest BCUT2D eigenvalue weighted by Gasteiger charge is -2.21. The topological polar surface area (TPSA) is 88.3 Å². The maximum atomic E-state index is 12.3. The molecule has 0 aliphatic rings. The van der Waals surface area contributed by atoms with Crippen LogP contribution in [0.3, 0.4) is 0 Å². The highest BCUT2D eigenvalue weighted by Gasteiger charge is 2.16. The Bertz CT molecular complexity index is 666. The number of likely N-dealkylation sites (N-methyl/N-ethyl adjacent to an activating group) is 1. The van der Waals surface area contributed by atoms with E-state index >= 15 is 0 Å². The first-order chi connectivity index (χ1) is 10.0. The molecule has 0 unspecified atom stereocenters. The number of aryl methyl sites for hydroxylation is 1. The van der Waals surface area contributed by atoms with Gasteiger partial charge in [-0.05, 0) is 31.5 Å². The van der Waals surface area contributed by atoms with E-state index in [1.165, 1.54) is 10.9 Å². The SMILES string of the molecule is CCN(C(=O)Cn1cc(C(=O)O)nn1)c1cccc(C)c1.